The molecule has 9 heteroatoms. The van der Waals surface area contributed by atoms with Crippen LogP contribution in [0.5, 0.6) is 0 Å². The van der Waals surface area contributed by atoms with Crippen LogP contribution in [0.3, 0.4) is 0 Å². The number of amides is 3. The summed E-state index contributed by atoms with van der Waals surface area (Å²) in [7, 11) is 0. The second-order valence-electron chi connectivity index (χ2n) is 7.38. The first-order valence-electron chi connectivity index (χ1n) is 10.4. The maximum absolute atomic E-state index is 11.8. The molecule has 0 aromatic heterocycles. The van der Waals surface area contributed by atoms with E-state index in [-0.39, 0.29) is 12.2 Å². The Morgan fingerprint density at radius 1 is 0.893 bits per heavy atom. The molecule has 160 valence electrons. The average molecular weight is 399 g/mol. The molecule has 0 aromatic rings. The number of unbranched alkanes of at least 4 members (excludes halogenated alkanes) is 3. The molecular weight excluding hydrogens is 366 g/mol. The molecule has 0 spiro atoms. The molecule has 9 nitrogen and oxygen atoms in total. The van der Waals surface area contributed by atoms with Gasteiger partial charge in [-0.1, -0.05) is 6.42 Å². The summed E-state index contributed by atoms with van der Waals surface area (Å²) in [6.07, 6.45) is 6.16. The topological polar surface area (TPSA) is 108 Å². The number of piperidine rings is 2. The summed E-state index contributed by atoms with van der Waals surface area (Å²) in [5.41, 5.74) is 0. The number of carbonyl (C=O) groups is 3. The summed E-state index contributed by atoms with van der Waals surface area (Å²) in [5.74, 6) is 0. The molecule has 2 aliphatic heterocycles. The summed E-state index contributed by atoms with van der Waals surface area (Å²) < 4.78 is 10.6. The van der Waals surface area contributed by atoms with Crippen molar-refractivity contribution in [2.45, 2.75) is 63.9 Å². The van der Waals surface area contributed by atoms with Gasteiger partial charge >= 0.3 is 18.3 Å². The van der Waals surface area contributed by atoms with Gasteiger partial charge in [0.1, 0.15) is 6.10 Å². The molecule has 0 saturated carbocycles. The Bertz CT molecular complexity index is 502. The zero-order chi connectivity index (χ0) is 20.2. The normalized spacial score (nSPS) is 17.9. The highest BCUT2D eigenvalue weighted by Crippen LogP contribution is 2.14. The highest BCUT2D eigenvalue weighted by atomic mass is 16.6. The molecule has 2 rings (SSSR count). The summed E-state index contributed by atoms with van der Waals surface area (Å²) in [4.78, 5) is 37.5. The van der Waals surface area contributed by atoms with Gasteiger partial charge in [0.2, 0.25) is 0 Å². The van der Waals surface area contributed by atoms with E-state index in [0.29, 0.717) is 39.1 Å². The molecule has 3 amide bonds. The van der Waals surface area contributed by atoms with Crippen molar-refractivity contribution in [2.75, 3.05) is 39.3 Å². The fourth-order valence-electron chi connectivity index (χ4n) is 3.46. The number of carbonyl (C=O) groups excluding carboxylic acids is 2. The van der Waals surface area contributed by atoms with E-state index in [1.165, 1.54) is 11.3 Å². The van der Waals surface area contributed by atoms with Crippen LogP contribution in [0.25, 0.3) is 0 Å². The van der Waals surface area contributed by atoms with Gasteiger partial charge in [0, 0.05) is 45.6 Å². The van der Waals surface area contributed by atoms with Gasteiger partial charge in [0.05, 0.1) is 6.61 Å². The summed E-state index contributed by atoms with van der Waals surface area (Å²) in [5, 5.41) is 11.6. The van der Waals surface area contributed by atoms with Gasteiger partial charge < -0.3 is 29.7 Å². The zero-order valence-corrected chi connectivity index (χ0v) is 16.6. The second-order valence-corrected chi connectivity index (χ2v) is 7.38. The van der Waals surface area contributed by atoms with Gasteiger partial charge in [-0.15, -0.1) is 0 Å². The first kappa shape index (κ1) is 22.1. The van der Waals surface area contributed by atoms with Crippen molar-refractivity contribution in [1.82, 2.24) is 15.1 Å². The van der Waals surface area contributed by atoms with E-state index in [4.69, 9.17) is 14.6 Å². The van der Waals surface area contributed by atoms with E-state index < -0.39 is 12.2 Å². The van der Waals surface area contributed by atoms with E-state index in [9.17, 15) is 14.4 Å². The molecule has 0 aromatic carbocycles. The van der Waals surface area contributed by atoms with Gasteiger partial charge in [-0.25, -0.2) is 14.4 Å². The highest BCUT2D eigenvalue weighted by Gasteiger charge is 2.24. The molecule has 2 heterocycles. The first-order chi connectivity index (χ1) is 13.6. The minimum atomic E-state index is -0.927. The van der Waals surface area contributed by atoms with E-state index >= 15 is 0 Å². The van der Waals surface area contributed by atoms with Crippen LogP contribution in [-0.4, -0.2) is 78.6 Å². The summed E-state index contributed by atoms with van der Waals surface area (Å²) in [6, 6.07) is 0. The fourth-order valence-corrected chi connectivity index (χ4v) is 3.46. The lowest BCUT2D eigenvalue weighted by Crippen LogP contribution is -2.41. The molecule has 2 fully saturated rings. The maximum atomic E-state index is 11.8. The number of ether oxygens (including phenoxy) is 2. The van der Waals surface area contributed by atoms with E-state index in [1.54, 1.807) is 4.90 Å². The molecule has 28 heavy (non-hydrogen) atoms. The Labute approximate surface area is 166 Å². The van der Waals surface area contributed by atoms with Crippen molar-refractivity contribution in [2.24, 2.45) is 0 Å². The largest absolute Gasteiger partial charge is 0.465 e. The van der Waals surface area contributed by atoms with Crippen molar-refractivity contribution in [3.63, 3.8) is 0 Å². The lowest BCUT2D eigenvalue weighted by atomic mass is 10.1. The number of hydrogen-bond donors (Lipinski definition) is 2. The van der Waals surface area contributed by atoms with Crippen molar-refractivity contribution in [1.29, 1.82) is 0 Å². The molecule has 2 N–H and O–H groups in total. The third-order valence-corrected chi connectivity index (χ3v) is 5.17. The Morgan fingerprint density at radius 2 is 1.57 bits per heavy atom. The molecule has 0 aliphatic carbocycles. The predicted molar refractivity (Wildman–Crippen MR) is 102 cm³/mol. The van der Waals surface area contributed by atoms with Crippen LogP contribution in [0.4, 0.5) is 14.4 Å². The number of carboxylic acid groups (broad SMARTS) is 1. The molecular formula is C19H33N3O6. The minimum absolute atomic E-state index is 0.196. The van der Waals surface area contributed by atoms with Crippen LogP contribution < -0.4 is 5.32 Å². The standard InChI is InChI=1S/C19H33N3O6/c23-17(28-16-8-13-21(14-9-16)18(24)25)20-10-4-1-2-7-15-27-19(26)22-11-5-3-6-12-22/h16H,1-15H2,(H,20,23)(H,24,25). The number of alkyl carbamates (subject to hydrolysis) is 1. The smallest absolute Gasteiger partial charge is 0.409 e. The minimum Gasteiger partial charge on any atom is -0.465 e. The van der Waals surface area contributed by atoms with Crippen molar-refractivity contribution in [3.8, 4) is 0 Å². The van der Waals surface area contributed by atoms with Gasteiger partial charge in [-0.2, -0.15) is 0 Å². The van der Waals surface area contributed by atoms with E-state index in [2.05, 4.69) is 5.32 Å². The van der Waals surface area contributed by atoms with Crippen LogP contribution in [0, 0.1) is 0 Å². The molecule has 0 bridgehead atoms. The van der Waals surface area contributed by atoms with Gasteiger partial charge in [-0.3, -0.25) is 0 Å². The average Bonchev–Trinajstić information content (AvgIpc) is 2.70. The van der Waals surface area contributed by atoms with Crippen LogP contribution >= 0.6 is 0 Å². The van der Waals surface area contributed by atoms with Gasteiger partial charge in [0.25, 0.3) is 0 Å². The predicted octanol–water partition coefficient (Wildman–Crippen LogP) is 3.04. The Balaban J connectivity index is 1.40. The first-order valence-corrected chi connectivity index (χ1v) is 10.4. The molecule has 2 saturated heterocycles. The SMILES string of the molecule is O=C(NCCCCCCOC(=O)N1CCCCC1)OC1CCN(C(=O)O)CC1. The third kappa shape index (κ3) is 8.22. The third-order valence-electron chi connectivity index (χ3n) is 5.17. The van der Waals surface area contributed by atoms with Crippen molar-refractivity contribution >= 4 is 18.3 Å². The lowest BCUT2D eigenvalue weighted by molar-refractivity contribution is 0.0510. The second kappa shape index (κ2) is 12.3. The van der Waals surface area contributed by atoms with Crippen molar-refractivity contribution in [3.05, 3.63) is 0 Å². The fraction of sp³-hybridized carbons (Fsp3) is 0.842. The van der Waals surface area contributed by atoms with Crippen LogP contribution in [0.2, 0.25) is 0 Å². The quantitative estimate of drug-likeness (QED) is 0.607. The number of rotatable bonds is 8. The summed E-state index contributed by atoms with van der Waals surface area (Å²) >= 11 is 0. The molecule has 0 radical (unpaired) electrons. The summed E-state index contributed by atoms with van der Waals surface area (Å²) in [6.45, 7) is 3.39. The number of likely N-dealkylation sites (tertiary alicyclic amines) is 2. The Morgan fingerprint density at radius 3 is 2.25 bits per heavy atom. The lowest BCUT2D eigenvalue weighted by Gasteiger charge is -2.29. The number of nitrogens with one attached hydrogen (secondary N) is 1. The highest BCUT2D eigenvalue weighted by molar-refractivity contribution is 5.68. The molecule has 0 unspecified atom stereocenters. The maximum Gasteiger partial charge on any atom is 0.409 e. The Kier molecular flexibility index (Phi) is 9.71. The zero-order valence-electron chi connectivity index (χ0n) is 16.6. The number of hydrogen-bond acceptors (Lipinski definition) is 5. The number of nitrogens with zero attached hydrogens (tertiary/aromatic N) is 2. The van der Waals surface area contributed by atoms with Gasteiger partial charge in [0.15, 0.2) is 0 Å². The van der Waals surface area contributed by atoms with Crippen LogP contribution in [0.1, 0.15) is 57.8 Å². The molecule has 2 aliphatic rings. The van der Waals surface area contributed by atoms with Crippen LogP contribution in [-0.2, 0) is 9.47 Å². The van der Waals surface area contributed by atoms with Crippen molar-refractivity contribution < 1.29 is 29.0 Å². The van der Waals surface area contributed by atoms with Gasteiger partial charge in [-0.05, 0) is 38.5 Å². The van der Waals surface area contributed by atoms with E-state index in [1.807, 2.05) is 0 Å². The monoisotopic (exact) mass is 399 g/mol. The van der Waals surface area contributed by atoms with E-state index in [0.717, 1.165) is 51.6 Å². The molecule has 0 atom stereocenters. The van der Waals surface area contributed by atoms with Crippen LogP contribution in [0.15, 0.2) is 0 Å². The Hall–Kier alpha value is -2.19.